The van der Waals surface area contributed by atoms with E-state index >= 15 is 0 Å². The Labute approximate surface area is 154 Å². The first-order chi connectivity index (χ1) is 12.4. The minimum atomic E-state index is -3.07. The summed E-state index contributed by atoms with van der Waals surface area (Å²) in [6.45, 7) is 3.28. The van der Waals surface area contributed by atoms with Gasteiger partial charge in [-0.1, -0.05) is 18.2 Å². The number of hydrogen-bond acceptors (Lipinski definition) is 5. The van der Waals surface area contributed by atoms with E-state index < -0.39 is 9.84 Å². The Morgan fingerprint density at radius 3 is 2.54 bits per heavy atom. The van der Waals surface area contributed by atoms with Gasteiger partial charge < -0.3 is 10.2 Å². The molecule has 1 aromatic heterocycles. The van der Waals surface area contributed by atoms with Gasteiger partial charge in [0.05, 0.1) is 11.4 Å². The van der Waals surface area contributed by atoms with E-state index in [9.17, 15) is 13.2 Å². The van der Waals surface area contributed by atoms with E-state index in [2.05, 4.69) is 10.3 Å². The summed E-state index contributed by atoms with van der Waals surface area (Å²) in [5.41, 5.74) is 2.98. The van der Waals surface area contributed by atoms with Gasteiger partial charge in [-0.05, 0) is 36.7 Å². The van der Waals surface area contributed by atoms with Crippen molar-refractivity contribution in [2.24, 2.45) is 0 Å². The molecule has 26 heavy (non-hydrogen) atoms. The second kappa shape index (κ2) is 7.97. The molecule has 1 aromatic carbocycles. The zero-order valence-electron chi connectivity index (χ0n) is 14.8. The van der Waals surface area contributed by atoms with Crippen LogP contribution in [-0.4, -0.2) is 56.6 Å². The summed E-state index contributed by atoms with van der Waals surface area (Å²) in [5, 5.41) is 3.29. The summed E-state index contributed by atoms with van der Waals surface area (Å²) >= 11 is 0. The van der Waals surface area contributed by atoms with E-state index in [1.54, 1.807) is 18.3 Å². The molecule has 0 aliphatic carbocycles. The van der Waals surface area contributed by atoms with Crippen LogP contribution >= 0.6 is 0 Å². The van der Waals surface area contributed by atoms with Crippen LogP contribution in [0.1, 0.15) is 22.3 Å². The van der Waals surface area contributed by atoms with Crippen molar-refractivity contribution < 1.29 is 13.2 Å². The van der Waals surface area contributed by atoms with Crippen molar-refractivity contribution in [2.75, 3.05) is 32.4 Å². The van der Waals surface area contributed by atoms with Crippen molar-refractivity contribution in [3.63, 3.8) is 0 Å². The van der Waals surface area contributed by atoms with Crippen molar-refractivity contribution in [2.45, 2.75) is 12.2 Å². The maximum atomic E-state index is 12.6. The van der Waals surface area contributed by atoms with E-state index in [0.717, 1.165) is 43.9 Å². The third kappa shape index (κ3) is 4.89. The molecule has 7 heteroatoms. The van der Waals surface area contributed by atoms with Crippen LogP contribution in [0.15, 0.2) is 42.6 Å². The molecule has 2 heterocycles. The van der Waals surface area contributed by atoms with Gasteiger partial charge >= 0.3 is 0 Å². The lowest BCUT2D eigenvalue weighted by molar-refractivity contribution is 0.0766. The Hall–Kier alpha value is -2.25. The number of benzene rings is 1. The van der Waals surface area contributed by atoms with Crippen LogP contribution in [0, 0.1) is 0 Å². The number of amides is 1. The van der Waals surface area contributed by atoms with Crippen LogP contribution in [0.4, 0.5) is 0 Å². The lowest BCUT2D eigenvalue weighted by Gasteiger charge is -2.20. The molecule has 6 nitrogen and oxygen atoms in total. The van der Waals surface area contributed by atoms with Gasteiger partial charge in [-0.2, -0.15) is 0 Å². The SMILES string of the molecule is CS(=O)(=O)Cc1ccc(-c2ccc(C(=O)N3CCCNCC3)cc2)nc1. The third-order valence-corrected chi connectivity index (χ3v) is 5.17. The van der Waals surface area contributed by atoms with E-state index in [1.807, 2.05) is 29.2 Å². The van der Waals surface area contributed by atoms with Gasteiger partial charge in [0.1, 0.15) is 0 Å². The number of nitrogens with zero attached hydrogens (tertiary/aromatic N) is 2. The second-order valence-corrected chi connectivity index (χ2v) is 8.74. The van der Waals surface area contributed by atoms with Crippen LogP contribution < -0.4 is 5.32 Å². The summed E-state index contributed by atoms with van der Waals surface area (Å²) in [6.07, 6.45) is 3.75. The number of rotatable bonds is 4. The number of pyridine rings is 1. The number of aromatic nitrogens is 1. The molecule has 1 aliphatic heterocycles. The largest absolute Gasteiger partial charge is 0.337 e. The van der Waals surface area contributed by atoms with Crippen molar-refractivity contribution in [1.82, 2.24) is 15.2 Å². The monoisotopic (exact) mass is 373 g/mol. The summed E-state index contributed by atoms with van der Waals surface area (Å²) < 4.78 is 22.7. The molecule has 1 aliphatic rings. The predicted octanol–water partition coefficient (Wildman–Crippen LogP) is 1.73. The van der Waals surface area contributed by atoms with E-state index in [0.29, 0.717) is 11.1 Å². The number of hydrogen-bond donors (Lipinski definition) is 1. The Morgan fingerprint density at radius 1 is 1.12 bits per heavy atom. The second-order valence-electron chi connectivity index (χ2n) is 6.59. The zero-order valence-corrected chi connectivity index (χ0v) is 15.6. The quantitative estimate of drug-likeness (QED) is 0.883. The molecule has 0 atom stereocenters. The van der Waals surface area contributed by atoms with Gasteiger partial charge in [0.15, 0.2) is 9.84 Å². The number of nitrogens with one attached hydrogen (secondary N) is 1. The molecule has 3 rings (SSSR count). The minimum Gasteiger partial charge on any atom is -0.337 e. The van der Waals surface area contributed by atoms with Crippen LogP contribution in [0.3, 0.4) is 0 Å². The van der Waals surface area contributed by atoms with Gasteiger partial charge in [-0.3, -0.25) is 9.78 Å². The lowest BCUT2D eigenvalue weighted by Crippen LogP contribution is -2.34. The smallest absolute Gasteiger partial charge is 0.253 e. The molecule has 1 saturated heterocycles. The highest BCUT2D eigenvalue weighted by atomic mass is 32.2. The van der Waals surface area contributed by atoms with E-state index in [-0.39, 0.29) is 11.7 Å². The molecule has 1 N–H and O–H groups in total. The third-order valence-electron chi connectivity index (χ3n) is 4.31. The summed E-state index contributed by atoms with van der Waals surface area (Å²) in [5.74, 6) is 0.0370. The molecule has 1 fully saturated rings. The summed E-state index contributed by atoms with van der Waals surface area (Å²) in [6, 6.07) is 11.0. The Kier molecular flexibility index (Phi) is 5.68. The first kappa shape index (κ1) is 18.5. The van der Waals surface area contributed by atoms with Gasteiger partial charge in [0, 0.05) is 43.2 Å². The Morgan fingerprint density at radius 2 is 1.88 bits per heavy atom. The van der Waals surface area contributed by atoms with Gasteiger partial charge in [0.25, 0.3) is 5.91 Å². The number of sulfone groups is 1. The van der Waals surface area contributed by atoms with Crippen molar-refractivity contribution in [3.05, 3.63) is 53.7 Å². The highest BCUT2D eigenvalue weighted by Gasteiger charge is 2.17. The number of carbonyl (C=O) groups excluding carboxylic acids is 1. The first-order valence-corrected chi connectivity index (χ1v) is 10.7. The minimum absolute atomic E-state index is 0.0155. The highest BCUT2D eigenvalue weighted by molar-refractivity contribution is 7.89. The fourth-order valence-corrected chi connectivity index (χ4v) is 3.77. The molecular weight excluding hydrogens is 350 g/mol. The van der Waals surface area contributed by atoms with Crippen molar-refractivity contribution in [3.8, 4) is 11.3 Å². The Bertz CT molecular complexity index is 854. The normalized spacial score (nSPS) is 15.5. The zero-order chi connectivity index (χ0) is 18.6. The maximum Gasteiger partial charge on any atom is 0.253 e. The van der Waals surface area contributed by atoms with Crippen LogP contribution in [0.2, 0.25) is 0 Å². The first-order valence-electron chi connectivity index (χ1n) is 8.65. The predicted molar refractivity (Wildman–Crippen MR) is 102 cm³/mol. The average molecular weight is 373 g/mol. The lowest BCUT2D eigenvalue weighted by atomic mass is 10.1. The van der Waals surface area contributed by atoms with E-state index in [4.69, 9.17) is 0 Å². The van der Waals surface area contributed by atoms with Gasteiger partial charge in [-0.15, -0.1) is 0 Å². The van der Waals surface area contributed by atoms with Crippen LogP contribution in [0.5, 0.6) is 0 Å². The fraction of sp³-hybridized carbons (Fsp3) is 0.368. The molecule has 0 radical (unpaired) electrons. The van der Waals surface area contributed by atoms with Crippen molar-refractivity contribution >= 4 is 15.7 Å². The van der Waals surface area contributed by atoms with Crippen LogP contribution in [-0.2, 0) is 15.6 Å². The average Bonchev–Trinajstić information content (AvgIpc) is 2.90. The van der Waals surface area contributed by atoms with Gasteiger partial charge in [0.2, 0.25) is 0 Å². The fourth-order valence-electron chi connectivity index (χ4n) is 3.00. The highest BCUT2D eigenvalue weighted by Crippen LogP contribution is 2.19. The van der Waals surface area contributed by atoms with Gasteiger partial charge in [-0.25, -0.2) is 8.42 Å². The molecule has 0 spiro atoms. The standard InChI is InChI=1S/C19H23N3O3S/c1-26(24,25)14-15-3-8-18(21-13-15)16-4-6-17(7-5-16)19(23)22-11-2-9-20-10-12-22/h3-8,13,20H,2,9-12,14H2,1H3. The summed E-state index contributed by atoms with van der Waals surface area (Å²) in [4.78, 5) is 18.8. The molecule has 2 aromatic rings. The molecule has 0 bridgehead atoms. The molecular formula is C19H23N3O3S. The van der Waals surface area contributed by atoms with Crippen molar-refractivity contribution in [1.29, 1.82) is 0 Å². The number of carbonyl (C=O) groups is 1. The Balaban J connectivity index is 1.71. The molecule has 0 saturated carbocycles. The van der Waals surface area contributed by atoms with Crippen LogP contribution in [0.25, 0.3) is 11.3 Å². The molecule has 1 amide bonds. The molecule has 138 valence electrons. The maximum absolute atomic E-state index is 12.6. The molecule has 0 unspecified atom stereocenters. The topological polar surface area (TPSA) is 79.4 Å². The summed E-state index contributed by atoms with van der Waals surface area (Å²) in [7, 11) is -3.07. The van der Waals surface area contributed by atoms with E-state index in [1.165, 1.54) is 6.26 Å².